The van der Waals surface area contributed by atoms with Crippen molar-refractivity contribution >= 4 is 5.65 Å². The summed E-state index contributed by atoms with van der Waals surface area (Å²) in [5.74, 6) is 0.880. The van der Waals surface area contributed by atoms with Crippen molar-refractivity contribution in [2.75, 3.05) is 6.61 Å². The minimum Gasteiger partial charge on any atom is -0.494 e. The van der Waals surface area contributed by atoms with Crippen LogP contribution in [0.1, 0.15) is 12.5 Å². The third kappa shape index (κ3) is 2.38. The lowest BCUT2D eigenvalue weighted by Gasteiger charge is -2.02. The fourth-order valence-electron chi connectivity index (χ4n) is 2.18. The van der Waals surface area contributed by atoms with E-state index in [1.165, 1.54) is 0 Å². The van der Waals surface area contributed by atoms with Crippen molar-refractivity contribution in [2.45, 2.75) is 13.5 Å². The molecule has 0 radical (unpaired) electrons. The maximum Gasteiger partial charge on any atom is 0.137 e. The minimum atomic E-state index is 0.530. The first-order valence-electron chi connectivity index (χ1n) is 6.71. The molecule has 2 heterocycles. The van der Waals surface area contributed by atoms with Crippen LogP contribution < -0.4 is 10.5 Å². The quantitative estimate of drug-likeness (QED) is 0.790. The summed E-state index contributed by atoms with van der Waals surface area (Å²) in [6.07, 6.45) is 4.01. The van der Waals surface area contributed by atoms with Crippen LogP contribution in [-0.4, -0.2) is 16.0 Å². The Morgan fingerprint density at radius 2 is 2.00 bits per heavy atom. The summed E-state index contributed by atoms with van der Waals surface area (Å²) in [5.41, 5.74) is 9.67. The zero-order chi connectivity index (χ0) is 13.9. The normalized spacial score (nSPS) is 10.9. The van der Waals surface area contributed by atoms with E-state index in [0.717, 1.165) is 28.2 Å². The highest BCUT2D eigenvalue weighted by molar-refractivity contribution is 5.63. The molecule has 0 aliphatic heterocycles. The van der Waals surface area contributed by atoms with Crippen molar-refractivity contribution in [1.29, 1.82) is 0 Å². The molecule has 2 aromatic heterocycles. The van der Waals surface area contributed by atoms with Crippen molar-refractivity contribution < 1.29 is 4.74 Å². The van der Waals surface area contributed by atoms with Gasteiger partial charge in [0.05, 0.1) is 12.3 Å². The second-order valence-electron chi connectivity index (χ2n) is 4.59. The molecule has 0 saturated carbocycles. The molecular weight excluding hydrogens is 250 g/mol. The number of imidazole rings is 1. The Hall–Kier alpha value is -2.33. The van der Waals surface area contributed by atoms with Crippen LogP contribution >= 0.6 is 0 Å². The van der Waals surface area contributed by atoms with Crippen LogP contribution in [-0.2, 0) is 6.54 Å². The molecular formula is C16H17N3O. The third-order valence-electron chi connectivity index (χ3n) is 3.22. The van der Waals surface area contributed by atoms with Gasteiger partial charge in [0, 0.05) is 24.5 Å². The topological polar surface area (TPSA) is 52.5 Å². The van der Waals surface area contributed by atoms with Gasteiger partial charge in [-0.25, -0.2) is 4.98 Å². The zero-order valence-corrected chi connectivity index (χ0v) is 11.4. The molecule has 0 spiro atoms. The van der Waals surface area contributed by atoms with E-state index >= 15 is 0 Å². The van der Waals surface area contributed by atoms with Crippen LogP contribution in [0.5, 0.6) is 5.75 Å². The van der Waals surface area contributed by atoms with Gasteiger partial charge in [-0.2, -0.15) is 0 Å². The lowest BCUT2D eigenvalue weighted by molar-refractivity contribution is 0.340. The van der Waals surface area contributed by atoms with E-state index in [9.17, 15) is 0 Å². The zero-order valence-electron chi connectivity index (χ0n) is 11.4. The smallest absolute Gasteiger partial charge is 0.137 e. The summed E-state index contributed by atoms with van der Waals surface area (Å²) >= 11 is 0. The van der Waals surface area contributed by atoms with Gasteiger partial charge in [0.25, 0.3) is 0 Å². The van der Waals surface area contributed by atoms with Crippen LogP contribution in [0.25, 0.3) is 16.9 Å². The van der Waals surface area contributed by atoms with E-state index in [0.29, 0.717) is 13.2 Å². The Balaban J connectivity index is 1.96. The van der Waals surface area contributed by atoms with Gasteiger partial charge >= 0.3 is 0 Å². The number of ether oxygens (including phenoxy) is 1. The van der Waals surface area contributed by atoms with Crippen LogP contribution in [0, 0.1) is 0 Å². The Kier molecular flexibility index (Phi) is 3.39. The maximum absolute atomic E-state index is 5.65. The molecule has 0 atom stereocenters. The van der Waals surface area contributed by atoms with Gasteiger partial charge in [-0.05, 0) is 48.9 Å². The van der Waals surface area contributed by atoms with Crippen LogP contribution in [0.15, 0.2) is 48.8 Å². The summed E-state index contributed by atoms with van der Waals surface area (Å²) < 4.78 is 7.45. The second kappa shape index (κ2) is 5.35. The summed E-state index contributed by atoms with van der Waals surface area (Å²) in [7, 11) is 0. The van der Waals surface area contributed by atoms with Gasteiger partial charge in [-0.1, -0.05) is 0 Å². The minimum absolute atomic E-state index is 0.530. The first kappa shape index (κ1) is 12.7. The van der Waals surface area contributed by atoms with E-state index in [2.05, 4.69) is 4.98 Å². The highest BCUT2D eigenvalue weighted by Gasteiger charge is 2.05. The van der Waals surface area contributed by atoms with Gasteiger partial charge in [0.2, 0.25) is 0 Å². The molecule has 0 unspecified atom stereocenters. The molecule has 0 amide bonds. The van der Waals surface area contributed by atoms with E-state index in [4.69, 9.17) is 10.5 Å². The highest BCUT2D eigenvalue weighted by Crippen LogP contribution is 2.22. The lowest BCUT2D eigenvalue weighted by Crippen LogP contribution is -1.96. The Morgan fingerprint density at radius 3 is 2.70 bits per heavy atom. The molecule has 2 N–H and O–H groups in total. The number of aromatic nitrogens is 2. The van der Waals surface area contributed by atoms with Crippen molar-refractivity contribution in [3.8, 4) is 17.0 Å². The summed E-state index contributed by atoms with van der Waals surface area (Å²) in [4.78, 5) is 4.63. The molecule has 3 aromatic rings. The summed E-state index contributed by atoms with van der Waals surface area (Å²) in [6, 6.07) is 12.0. The molecule has 3 rings (SSSR count). The lowest BCUT2D eigenvalue weighted by atomic mass is 10.2. The molecule has 4 heteroatoms. The average molecular weight is 267 g/mol. The van der Waals surface area contributed by atoms with Gasteiger partial charge in [-0.3, -0.25) is 0 Å². The number of rotatable bonds is 4. The molecule has 0 bridgehead atoms. The number of hydrogen-bond donors (Lipinski definition) is 1. The standard InChI is InChI=1S/C16H17N3O/c1-2-20-14-5-3-13(4-6-14)15-11-19-8-7-12(10-17)9-16(19)18-15/h3-9,11H,2,10,17H2,1H3. The summed E-state index contributed by atoms with van der Waals surface area (Å²) in [5, 5.41) is 0. The van der Waals surface area contributed by atoms with Crippen molar-refractivity contribution in [2.24, 2.45) is 5.73 Å². The van der Waals surface area contributed by atoms with Crippen LogP contribution in [0.4, 0.5) is 0 Å². The maximum atomic E-state index is 5.65. The SMILES string of the molecule is CCOc1ccc(-c2cn3ccc(CN)cc3n2)cc1. The number of fused-ring (bicyclic) bond motifs is 1. The van der Waals surface area contributed by atoms with Gasteiger partial charge < -0.3 is 14.9 Å². The molecule has 4 nitrogen and oxygen atoms in total. The molecule has 0 fully saturated rings. The van der Waals surface area contributed by atoms with Crippen LogP contribution in [0.3, 0.4) is 0 Å². The van der Waals surface area contributed by atoms with Crippen molar-refractivity contribution in [1.82, 2.24) is 9.38 Å². The number of nitrogens with zero attached hydrogens (tertiary/aromatic N) is 2. The number of benzene rings is 1. The molecule has 0 aliphatic carbocycles. The van der Waals surface area contributed by atoms with Crippen LogP contribution in [0.2, 0.25) is 0 Å². The predicted octanol–water partition coefficient (Wildman–Crippen LogP) is 2.86. The van der Waals surface area contributed by atoms with Gasteiger partial charge in [0.15, 0.2) is 0 Å². The number of nitrogens with two attached hydrogens (primary N) is 1. The number of pyridine rings is 1. The monoisotopic (exact) mass is 267 g/mol. The Morgan fingerprint density at radius 1 is 1.20 bits per heavy atom. The second-order valence-corrected chi connectivity index (χ2v) is 4.59. The first-order chi connectivity index (χ1) is 9.80. The first-order valence-corrected chi connectivity index (χ1v) is 6.71. The molecule has 0 aliphatic rings. The van der Waals surface area contributed by atoms with E-state index in [1.54, 1.807) is 0 Å². The van der Waals surface area contributed by atoms with Crippen molar-refractivity contribution in [3.05, 3.63) is 54.4 Å². The average Bonchev–Trinajstić information content (AvgIpc) is 2.91. The van der Waals surface area contributed by atoms with Gasteiger partial charge in [-0.15, -0.1) is 0 Å². The highest BCUT2D eigenvalue weighted by atomic mass is 16.5. The Labute approximate surface area is 117 Å². The summed E-state index contributed by atoms with van der Waals surface area (Å²) in [6.45, 7) is 3.18. The fraction of sp³-hybridized carbons (Fsp3) is 0.188. The molecule has 0 saturated heterocycles. The molecule has 20 heavy (non-hydrogen) atoms. The molecule has 102 valence electrons. The van der Waals surface area contributed by atoms with E-state index in [-0.39, 0.29) is 0 Å². The largest absolute Gasteiger partial charge is 0.494 e. The predicted molar refractivity (Wildman–Crippen MR) is 79.7 cm³/mol. The van der Waals surface area contributed by atoms with E-state index < -0.39 is 0 Å². The Bertz CT molecular complexity index is 716. The molecule has 1 aromatic carbocycles. The third-order valence-corrected chi connectivity index (χ3v) is 3.22. The van der Waals surface area contributed by atoms with E-state index in [1.807, 2.05) is 60.1 Å². The number of hydrogen-bond acceptors (Lipinski definition) is 3. The van der Waals surface area contributed by atoms with Gasteiger partial charge in [0.1, 0.15) is 11.4 Å². The van der Waals surface area contributed by atoms with Crippen molar-refractivity contribution in [3.63, 3.8) is 0 Å². The fourth-order valence-corrected chi connectivity index (χ4v) is 2.18.